The van der Waals surface area contributed by atoms with Gasteiger partial charge in [-0.2, -0.15) is 4.98 Å². The van der Waals surface area contributed by atoms with Crippen molar-refractivity contribution >= 4 is 0 Å². The fraction of sp³-hybridized carbons (Fsp3) is 0.240. The Labute approximate surface area is 176 Å². The highest BCUT2D eigenvalue weighted by atomic mass is 16.5. The molecule has 0 radical (unpaired) electrons. The summed E-state index contributed by atoms with van der Waals surface area (Å²) >= 11 is 0. The third-order valence-electron chi connectivity index (χ3n) is 5.10. The number of nitrogens with zero attached hydrogens (tertiary/aromatic N) is 3. The van der Waals surface area contributed by atoms with E-state index in [4.69, 9.17) is 9.26 Å². The molecule has 0 aliphatic heterocycles. The number of pyridine rings is 1. The lowest BCUT2D eigenvalue weighted by Gasteiger charge is -2.04. The summed E-state index contributed by atoms with van der Waals surface area (Å²) in [6, 6.07) is 19.9. The van der Waals surface area contributed by atoms with Gasteiger partial charge in [0.2, 0.25) is 5.82 Å². The third kappa shape index (κ3) is 4.57. The van der Waals surface area contributed by atoms with E-state index in [0.717, 1.165) is 34.6 Å². The van der Waals surface area contributed by atoms with Crippen LogP contribution in [0.2, 0.25) is 0 Å². The van der Waals surface area contributed by atoms with E-state index in [1.165, 1.54) is 24.8 Å². The Morgan fingerprint density at radius 3 is 2.23 bits per heavy atom. The number of aromatic nitrogens is 3. The van der Waals surface area contributed by atoms with Crippen LogP contribution < -0.4 is 4.74 Å². The summed E-state index contributed by atoms with van der Waals surface area (Å²) in [5.41, 5.74) is 5.08. The lowest BCUT2D eigenvalue weighted by Crippen LogP contribution is -1.89. The Hall–Kier alpha value is -3.47. The van der Waals surface area contributed by atoms with Crippen LogP contribution >= 0.6 is 0 Å². The first-order valence-electron chi connectivity index (χ1n) is 10.3. The Kier molecular flexibility index (Phi) is 6.18. The average Bonchev–Trinajstić information content (AvgIpc) is 3.30. The first-order chi connectivity index (χ1) is 14.8. The van der Waals surface area contributed by atoms with Gasteiger partial charge in [-0.1, -0.05) is 55.3 Å². The second kappa shape index (κ2) is 9.35. The second-order valence-electron chi connectivity index (χ2n) is 7.24. The molecule has 5 nitrogen and oxygen atoms in total. The lowest BCUT2D eigenvalue weighted by atomic mass is 10.1. The number of methoxy groups -OCH3 is 1. The third-order valence-corrected chi connectivity index (χ3v) is 5.10. The smallest absolute Gasteiger partial charge is 0.258 e. The zero-order valence-electron chi connectivity index (χ0n) is 17.3. The molecule has 0 spiro atoms. The minimum absolute atomic E-state index is 0.483. The number of aryl methyl sites for hydroxylation is 1. The highest BCUT2D eigenvalue weighted by molar-refractivity contribution is 5.66. The predicted molar refractivity (Wildman–Crippen MR) is 118 cm³/mol. The molecule has 2 aromatic carbocycles. The molecule has 0 atom stereocenters. The van der Waals surface area contributed by atoms with Gasteiger partial charge < -0.3 is 9.26 Å². The molecule has 152 valence electrons. The Morgan fingerprint density at radius 1 is 0.833 bits per heavy atom. The fourth-order valence-corrected chi connectivity index (χ4v) is 3.30. The minimum Gasteiger partial charge on any atom is -0.497 e. The van der Waals surface area contributed by atoms with Gasteiger partial charge in [-0.15, -0.1) is 0 Å². The van der Waals surface area contributed by atoms with E-state index >= 15 is 0 Å². The zero-order chi connectivity index (χ0) is 20.8. The van der Waals surface area contributed by atoms with Crippen LogP contribution in [0.3, 0.4) is 0 Å². The van der Waals surface area contributed by atoms with Crippen LogP contribution in [0.25, 0.3) is 34.1 Å². The molecular weight excluding hydrogens is 374 g/mol. The Bertz CT molecular complexity index is 1070. The van der Waals surface area contributed by atoms with Crippen LogP contribution in [-0.2, 0) is 6.42 Å². The second-order valence-corrected chi connectivity index (χ2v) is 7.24. The van der Waals surface area contributed by atoms with E-state index in [-0.39, 0.29) is 0 Å². The molecule has 0 saturated carbocycles. The van der Waals surface area contributed by atoms with Gasteiger partial charge in [-0.25, -0.2) is 0 Å². The summed E-state index contributed by atoms with van der Waals surface area (Å²) in [7, 11) is 1.64. The normalized spacial score (nSPS) is 10.9. The maximum absolute atomic E-state index is 5.43. The zero-order valence-corrected chi connectivity index (χ0v) is 17.3. The van der Waals surface area contributed by atoms with E-state index in [1.807, 2.05) is 54.7 Å². The standard InChI is InChI=1S/C25H25N3O2/c1-3-4-5-6-18-7-16-23(26-17-18)19-8-10-20(11-9-19)24-27-25(30-28-24)21-12-14-22(29-2)15-13-21/h7-17H,3-6H2,1-2H3. The van der Waals surface area contributed by atoms with Gasteiger partial charge in [0.15, 0.2) is 0 Å². The molecule has 2 heterocycles. The summed E-state index contributed by atoms with van der Waals surface area (Å²) in [6.45, 7) is 2.22. The highest BCUT2D eigenvalue weighted by Gasteiger charge is 2.11. The molecule has 0 aliphatic rings. The van der Waals surface area contributed by atoms with Crippen molar-refractivity contribution < 1.29 is 9.26 Å². The highest BCUT2D eigenvalue weighted by Crippen LogP contribution is 2.26. The van der Waals surface area contributed by atoms with Crippen LogP contribution in [0.15, 0.2) is 71.4 Å². The number of unbranched alkanes of at least 4 members (excludes halogenated alkanes) is 2. The summed E-state index contributed by atoms with van der Waals surface area (Å²) in [6.07, 6.45) is 6.79. The number of hydrogen-bond acceptors (Lipinski definition) is 5. The quantitative estimate of drug-likeness (QED) is 0.330. The van der Waals surface area contributed by atoms with Gasteiger partial charge in [0.05, 0.1) is 12.8 Å². The van der Waals surface area contributed by atoms with Crippen LogP contribution in [0.4, 0.5) is 0 Å². The van der Waals surface area contributed by atoms with Crippen LogP contribution in [0.5, 0.6) is 5.75 Å². The maximum atomic E-state index is 5.43. The summed E-state index contributed by atoms with van der Waals surface area (Å²) in [5.74, 6) is 1.83. The van der Waals surface area contributed by atoms with Crippen LogP contribution in [0.1, 0.15) is 31.7 Å². The Morgan fingerprint density at radius 2 is 1.57 bits per heavy atom. The van der Waals surface area contributed by atoms with Crippen LogP contribution in [0, 0.1) is 0 Å². The number of benzene rings is 2. The monoisotopic (exact) mass is 399 g/mol. The van der Waals surface area contributed by atoms with Gasteiger partial charge in [-0.3, -0.25) is 4.98 Å². The van der Waals surface area contributed by atoms with Crippen molar-refractivity contribution in [1.82, 2.24) is 15.1 Å². The van der Waals surface area contributed by atoms with Gasteiger partial charge in [0.25, 0.3) is 5.89 Å². The number of rotatable bonds is 8. The first-order valence-corrected chi connectivity index (χ1v) is 10.3. The number of hydrogen-bond donors (Lipinski definition) is 0. The molecule has 4 aromatic rings. The molecule has 4 rings (SSSR count). The molecule has 5 heteroatoms. The van der Waals surface area contributed by atoms with E-state index < -0.39 is 0 Å². The molecule has 0 amide bonds. The van der Waals surface area contributed by atoms with E-state index in [2.05, 4.69) is 34.2 Å². The molecule has 0 aliphatic carbocycles. The van der Waals surface area contributed by atoms with Crippen molar-refractivity contribution in [3.05, 3.63) is 72.4 Å². The van der Waals surface area contributed by atoms with Gasteiger partial charge in [-0.05, 0) is 48.7 Å². The molecule has 0 saturated heterocycles. The van der Waals surface area contributed by atoms with Gasteiger partial charge >= 0.3 is 0 Å². The molecule has 0 fully saturated rings. The minimum atomic E-state index is 0.483. The SMILES string of the molecule is CCCCCc1ccc(-c2ccc(-c3noc(-c4ccc(OC)cc4)n3)cc2)nc1. The molecular formula is C25H25N3O2. The summed E-state index contributed by atoms with van der Waals surface area (Å²) < 4.78 is 10.6. The Balaban J connectivity index is 1.46. The van der Waals surface area contributed by atoms with Crippen LogP contribution in [-0.4, -0.2) is 22.2 Å². The molecule has 30 heavy (non-hydrogen) atoms. The van der Waals surface area contributed by atoms with Crippen molar-refractivity contribution in [2.75, 3.05) is 7.11 Å². The van der Waals surface area contributed by atoms with Gasteiger partial charge in [0, 0.05) is 22.9 Å². The molecule has 0 unspecified atom stereocenters. The first kappa shape index (κ1) is 19.8. The average molecular weight is 399 g/mol. The van der Waals surface area contributed by atoms with Crippen molar-refractivity contribution in [2.24, 2.45) is 0 Å². The topological polar surface area (TPSA) is 61.0 Å². The van der Waals surface area contributed by atoms with Crippen molar-refractivity contribution in [2.45, 2.75) is 32.6 Å². The summed E-state index contributed by atoms with van der Waals surface area (Å²) in [4.78, 5) is 9.15. The van der Waals surface area contributed by atoms with Gasteiger partial charge in [0.1, 0.15) is 5.75 Å². The number of ether oxygens (including phenoxy) is 1. The van der Waals surface area contributed by atoms with Crippen molar-refractivity contribution in [3.63, 3.8) is 0 Å². The van der Waals surface area contributed by atoms with Crippen molar-refractivity contribution in [1.29, 1.82) is 0 Å². The molecule has 0 N–H and O–H groups in total. The largest absolute Gasteiger partial charge is 0.497 e. The van der Waals surface area contributed by atoms with E-state index in [9.17, 15) is 0 Å². The predicted octanol–water partition coefficient (Wildman–Crippen LogP) is 6.21. The molecule has 0 bridgehead atoms. The van der Waals surface area contributed by atoms with Crippen molar-refractivity contribution in [3.8, 4) is 39.8 Å². The van der Waals surface area contributed by atoms with E-state index in [1.54, 1.807) is 7.11 Å². The van der Waals surface area contributed by atoms with E-state index in [0.29, 0.717) is 11.7 Å². The lowest BCUT2D eigenvalue weighted by molar-refractivity contribution is 0.414. The summed E-state index contributed by atoms with van der Waals surface area (Å²) in [5, 5.41) is 4.12. The fourth-order valence-electron chi connectivity index (χ4n) is 3.30. The maximum Gasteiger partial charge on any atom is 0.258 e. The molecule has 2 aromatic heterocycles.